The highest BCUT2D eigenvalue weighted by Gasteiger charge is 2.24. The molecule has 1 atom stereocenters. The maximum absolute atomic E-state index is 11.5. The molecule has 0 aliphatic heterocycles. The van der Waals surface area contributed by atoms with Crippen LogP contribution in [0.3, 0.4) is 0 Å². The van der Waals surface area contributed by atoms with E-state index in [1.165, 1.54) is 5.56 Å². The summed E-state index contributed by atoms with van der Waals surface area (Å²) in [6.07, 6.45) is 2.07. The molecule has 4 aromatic rings. The summed E-state index contributed by atoms with van der Waals surface area (Å²) in [4.78, 5) is 11.2. The Labute approximate surface area is 169 Å². The topological polar surface area (TPSA) is 57.3 Å². The molecule has 0 amide bonds. The van der Waals surface area contributed by atoms with Gasteiger partial charge in [0.2, 0.25) is 6.54 Å². The molecule has 1 aromatic heterocycles. The lowest BCUT2D eigenvalue weighted by atomic mass is 9.91. The van der Waals surface area contributed by atoms with Crippen LogP contribution < -0.4 is 4.74 Å². The van der Waals surface area contributed by atoms with Crippen molar-refractivity contribution in [3.05, 3.63) is 112 Å². The van der Waals surface area contributed by atoms with Crippen LogP contribution in [0.25, 0.3) is 10.9 Å². The van der Waals surface area contributed by atoms with Crippen LogP contribution >= 0.6 is 0 Å². The zero-order valence-electron chi connectivity index (χ0n) is 16.2. The number of rotatable bonds is 7. The Bertz CT molecular complexity index is 1120. The monoisotopic (exact) mass is 386 g/mol. The largest absolute Gasteiger partial charge is 0.497 e. The van der Waals surface area contributed by atoms with Crippen LogP contribution in [0.5, 0.6) is 5.75 Å². The molecule has 1 unspecified atom stereocenters. The molecule has 0 fully saturated rings. The first-order valence-corrected chi connectivity index (χ1v) is 9.53. The van der Waals surface area contributed by atoms with E-state index in [1.54, 1.807) is 7.11 Å². The van der Waals surface area contributed by atoms with Crippen molar-refractivity contribution < 1.29 is 9.66 Å². The number of ether oxygens (including phenoxy) is 1. The first-order chi connectivity index (χ1) is 14.2. The standard InChI is InChI=1S/C24H22N2O3/c1-29-20-13-11-19(12-14-20)22(17-26(27)28)23-16-25(15-18-7-3-2-4-8-18)24-10-6-5-9-21(23)24/h2-14,16,22H,15,17H2,1H3. The molecule has 3 aromatic carbocycles. The van der Waals surface area contributed by atoms with E-state index in [4.69, 9.17) is 4.74 Å². The van der Waals surface area contributed by atoms with Gasteiger partial charge in [0.15, 0.2) is 0 Å². The lowest BCUT2D eigenvalue weighted by Crippen LogP contribution is -2.13. The minimum atomic E-state index is -0.335. The summed E-state index contributed by atoms with van der Waals surface area (Å²) in [6, 6.07) is 25.9. The molecule has 146 valence electrons. The fourth-order valence-electron chi connectivity index (χ4n) is 3.83. The van der Waals surface area contributed by atoms with Crippen LogP contribution in [0.4, 0.5) is 0 Å². The first-order valence-electron chi connectivity index (χ1n) is 9.53. The van der Waals surface area contributed by atoms with E-state index < -0.39 is 0 Å². The predicted molar refractivity (Wildman–Crippen MR) is 114 cm³/mol. The number of hydrogen-bond acceptors (Lipinski definition) is 3. The van der Waals surface area contributed by atoms with Crippen molar-refractivity contribution in [2.24, 2.45) is 0 Å². The molecule has 1 heterocycles. The van der Waals surface area contributed by atoms with E-state index in [0.29, 0.717) is 0 Å². The molecular formula is C24H22N2O3. The quantitative estimate of drug-likeness (QED) is 0.328. The predicted octanol–water partition coefficient (Wildman–Crippen LogP) is 5.11. The molecular weight excluding hydrogens is 364 g/mol. The number of nitrogens with zero attached hydrogens (tertiary/aromatic N) is 2. The van der Waals surface area contributed by atoms with Crippen molar-refractivity contribution in [3.8, 4) is 5.75 Å². The van der Waals surface area contributed by atoms with E-state index in [9.17, 15) is 10.1 Å². The van der Waals surface area contributed by atoms with Gasteiger partial charge < -0.3 is 9.30 Å². The molecule has 4 rings (SSSR count). The second-order valence-corrected chi connectivity index (χ2v) is 7.06. The summed E-state index contributed by atoms with van der Waals surface area (Å²) in [7, 11) is 1.61. The maximum atomic E-state index is 11.5. The molecule has 0 bridgehead atoms. The summed E-state index contributed by atoms with van der Waals surface area (Å²) in [6.45, 7) is 0.556. The van der Waals surface area contributed by atoms with Crippen molar-refractivity contribution >= 4 is 10.9 Å². The van der Waals surface area contributed by atoms with Gasteiger partial charge in [0, 0.05) is 28.6 Å². The fraction of sp³-hybridized carbons (Fsp3) is 0.167. The Balaban J connectivity index is 1.81. The lowest BCUT2D eigenvalue weighted by Gasteiger charge is -2.13. The third kappa shape index (κ3) is 3.99. The zero-order valence-corrected chi connectivity index (χ0v) is 16.2. The average Bonchev–Trinajstić information content (AvgIpc) is 3.11. The summed E-state index contributed by atoms with van der Waals surface area (Å²) < 4.78 is 7.42. The number of methoxy groups -OCH3 is 1. The highest BCUT2D eigenvalue weighted by molar-refractivity contribution is 5.85. The van der Waals surface area contributed by atoms with E-state index in [1.807, 2.05) is 60.7 Å². The van der Waals surface area contributed by atoms with Gasteiger partial charge in [-0.15, -0.1) is 0 Å². The molecule has 0 aliphatic rings. The van der Waals surface area contributed by atoms with Gasteiger partial charge in [-0.1, -0.05) is 60.7 Å². The lowest BCUT2D eigenvalue weighted by molar-refractivity contribution is -0.481. The average molecular weight is 386 g/mol. The van der Waals surface area contributed by atoms with Crippen LogP contribution in [0.1, 0.15) is 22.6 Å². The normalized spacial score (nSPS) is 12.0. The van der Waals surface area contributed by atoms with Crippen molar-refractivity contribution in [1.29, 1.82) is 0 Å². The summed E-state index contributed by atoms with van der Waals surface area (Å²) >= 11 is 0. The second-order valence-electron chi connectivity index (χ2n) is 7.06. The van der Waals surface area contributed by atoms with Gasteiger partial charge in [0.1, 0.15) is 5.75 Å². The Morgan fingerprint density at radius 3 is 2.34 bits per heavy atom. The number of aromatic nitrogens is 1. The number of benzene rings is 3. The third-order valence-electron chi connectivity index (χ3n) is 5.24. The highest BCUT2D eigenvalue weighted by atomic mass is 16.6. The molecule has 5 heteroatoms. The Morgan fingerprint density at radius 1 is 0.966 bits per heavy atom. The fourth-order valence-corrected chi connectivity index (χ4v) is 3.83. The summed E-state index contributed by atoms with van der Waals surface area (Å²) in [5.74, 6) is 0.401. The van der Waals surface area contributed by atoms with E-state index in [-0.39, 0.29) is 17.4 Å². The summed E-state index contributed by atoms with van der Waals surface area (Å²) in [5.41, 5.74) is 4.15. The smallest absolute Gasteiger partial charge is 0.214 e. The summed E-state index contributed by atoms with van der Waals surface area (Å²) in [5, 5.41) is 12.5. The number of fused-ring (bicyclic) bond motifs is 1. The van der Waals surface area contributed by atoms with Gasteiger partial charge in [-0.3, -0.25) is 10.1 Å². The molecule has 0 saturated heterocycles. The zero-order chi connectivity index (χ0) is 20.2. The molecule has 0 radical (unpaired) electrons. The van der Waals surface area contributed by atoms with Gasteiger partial charge in [-0.05, 0) is 34.9 Å². The van der Waals surface area contributed by atoms with Crippen LogP contribution in [-0.4, -0.2) is 23.1 Å². The van der Waals surface area contributed by atoms with E-state index in [2.05, 4.69) is 29.0 Å². The van der Waals surface area contributed by atoms with Crippen LogP contribution in [0, 0.1) is 10.1 Å². The van der Waals surface area contributed by atoms with Crippen molar-refractivity contribution in [1.82, 2.24) is 4.57 Å². The molecule has 5 nitrogen and oxygen atoms in total. The van der Waals surface area contributed by atoms with E-state index in [0.717, 1.165) is 34.3 Å². The van der Waals surface area contributed by atoms with Crippen LogP contribution in [0.15, 0.2) is 85.1 Å². The SMILES string of the molecule is COc1ccc(C(C[N+](=O)[O-])c2cn(Cc3ccccc3)c3ccccc23)cc1. The Kier molecular flexibility index (Phi) is 5.29. The first kappa shape index (κ1) is 18.7. The van der Waals surface area contributed by atoms with Crippen LogP contribution in [-0.2, 0) is 6.54 Å². The van der Waals surface area contributed by atoms with Gasteiger partial charge in [-0.25, -0.2) is 0 Å². The molecule has 0 aliphatic carbocycles. The molecule has 0 saturated carbocycles. The van der Waals surface area contributed by atoms with Crippen molar-refractivity contribution in [2.45, 2.75) is 12.5 Å². The number of para-hydroxylation sites is 1. The van der Waals surface area contributed by atoms with Gasteiger partial charge in [-0.2, -0.15) is 0 Å². The highest BCUT2D eigenvalue weighted by Crippen LogP contribution is 2.33. The van der Waals surface area contributed by atoms with Gasteiger partial charge in [0.25, 0.3) is 0 Å². The Morgan fingerprint density at radius 2 is 1.66 bits per heavy atom. The minimum absolute atomic E-state index is 0.161. The molecule has 0 N–H and O–H groups in total. The minimum Gasteiger partial charge on any atom is -0.497 e. The maximum Gasteiger partial charge on any atom is 0.214 e. The van der Waals surface area contributed by atoms with E-state index >= 15 is 0 Å². The molecule has 0 spiro atoms. The third-order valence-corrected chi connectivity index (χ3v) is 5.24. The van der Waals surface area contributed by atoms with Gasteiger partial charge >= 0.3 is 0 Å². The van der Waals surface area contributed by atoms with Crippen molar-refractivity contribution in [3.63, 3.8) is 0 Å². The number of hydrogen-bond donors (Lipinski definition) is 0. The van der Waals surface area contributed by atoms with Crippen LogP contribution in [0.2, 0.25) is 0 Å². The second kappa shape index (κ2) is 8.19. The molecule has 29 heavy (non-hydrogen) atoms. The van der Waals surface area contributed by atoms with Crippen molar-refractivity contribution in [2.75, 3.05) is 13.7 Å². The Hall–Kier alpha value is -3.60. The van der Waals surface area contributed by atoms with Gasteiger partial charge in [0.05, 0.1) is 13.0 Å². The number of nitro groups is 1.